The van der Waals surface area contributed by atoms with E-state index in [0.717, 1.165) is 11.3 Å². The molecule has 3 N–H and O–H groups in total. The molecule has 0 aliphatic carbocycles. The highest BCUT2D eigenvalue weighted by atomic mass is 35.5. The van der Waals surface area contributed by atoms with Gasteiger partial charge in [0, 0.05) is 25.8 Å². The molecule has 0 saturated carbocycles. The molecule has 0 bridgehead atoms. The highest BCUT2D eigenvalue weighted by Gasteiger charge is 2.17. The first-order valence-corrected chi connectivity index (χ1v) is 6.10. The topological polar surface area (TPSA) is 64.3 Å². The third kappa shape index (κ3) is 6.45. The Morgan fingerprint density at radius 3 is 2.58 bits per heavy atom. The molecular formula is C14H23ClN2O2. The van der Waals surface area contributed by atoms with Crippen molar-refractivity contribution < 1.29 is 9.53 Å². The second-order valence-electron chi connectivity index (χ2n) is 4.94. The van der Waals surface area contributed by atoms with E-state index in [0.29, 0.717) is 19.4 Å². The number of nitrogen functional groups attached to an aromatic ring is 1. The second kappa shape index (κ2) is 8.02. The van der Waals surface area contributed by atoms with E-state index in [1.165, 1.54) is 0 Å². The summed E-state index contributed by atoms with van der Waals surface area (Å²) in [6.07, 6.45) is 1.10. The molecule has 4 nitrogen and oxygen atoms in total. The molecule has 0 spiro atoms. The van der Waals surface area contributed by atoms with Crippen LogP contribution in [0.3, 0.4) is 0 Å². The summed E-state index contributed by atoms with van der Waals surface area (Å²) in [5.74, 6) is 0.0170. The van der Waals surface area contributed by atoms with Crippen LogP contribution in [0.4, 0.5) is 5.69 Å². The van der Waals surface area contributed by atoms with Crippen LogP contribution in [0.15, 0.2) is 24.3 Å². The van der Waals surface area contributed by atoms with Gasteiger partial charge in [0.1, 0.15) is 0 Å². The number of ether oxygens (including phenoxy) is 1. The molecular weight excluding hydrogens is 264 g/mol. The lowest BCUT2D eigenvalue weighted by Crippen LogP contribution is -2.39. The maximum absolute atomic E-state index is 11.7. The van der Waals surface area contributed by atoms with E-state index in [-0.39, 0.29) is 23.9 Å². The third-order valence-electron chi connectivity index (χ3n) is 2.94. The second-order valence-corrected chi connectivity index (χ2v) is 4.94. The molecule has 0 unspecified atom stereocenters. The first-order valence-electron chi connectivity index (χ1n) is 6.10. The molecule has 0 radical (unpaired) electrons. The fourth-order valence-electron chi connectivity index (χ4n) is 1.48. The highest BCUT2D eigenvalue weighted by Crippen LogP contribution is 2.12. The average molecular weight is 287 g/mol. The SMILES string of the molecule is COC(C)(C)CNC(=O)CCc1ccccc1N.Cl. The predicted molar refractivity (Wildman–Crippen MR) is 80.5 cm³/mol. The number of anilines is 1. The molecule has 19 heavy (non-hydrogen) atoms. The Kier molecular flexibility index (Phi) is 7.49. The van der Waals surface area contributed by atoms with Crippen LogP contribution >= 0.6 is 12.4 Å². The molecule has 108 valence electrons. The fraction of sp³-hybridized carbons (Fsp3) is 0.500. The summed E-state index contributed by atoms with van der Waals surface area (Å²) in [5, 5.41) is 2.86. The highest BCUT2D eigenvalue weighted by molar-refractivity contribution is 5.85. The van der Waals surface area contributed by atoms with E-state index in [9.17, 15) is 4.79 Å². The Hall–Kier alpha value is -1.26. The quantitative estimate of drug-likeness (QED) is 0.788. The van der Waals surface area contributed by atoms with Crippen LogP contribution in [0, 0.1) is 0 Å². The summed E-state index contributed by atoms with van der Waals surface area (Å²) < 4.78 is 5.24. The van der Waals surface area contributed by atoms with Crippen molar-refractivity contribution in [3.63, 3.8) is 0 Å². The van der Waals surface area contributed by atoms with Gasteiger partial charge in [0.2, 0.25) is 5.91 Å². The number of carbonyl (C=O) groups excluding carboxylic acids is 1. The number of hydrogen-bond acceptors (Lipinski definition) is 3. The monoisotopic (exact) mass is 286 g/mol. The standard InChI is InChI=1S/C14H22N2O2.ClH/c1-14(2,18-3)10-16-13(17)9-8-11-6-4-5-7-12(11)15;/h4-7H,8-10,15H2,1-3H3,(H,16,17);1H. The number of hydrogen-bond donors (Lipinski definition) is 2. The molecule has 0 heterocycles. The smallest absolute Gasteiger partial charge is 0.220 e. The minimum atomic E-state index is -0.332. The summed E-state index contributed by atoms with van der Waals surface area (Å²) in [5.41, 5.74) is 7.24. The van der Waals surface area contributed by atoms with Crippen LogP contribution in [0.25, 0.3) is 0 Å². The van der Waals surface area contributed by atoms with Crippen LogP contribution in [-0.4, -0.2) is 25.2 Å². The van der Waals surface area contributed by atoms with Gasteiger partial charge in [-0.05, 0) is 31.9 Å². The van der Waals surface area contributed by atoms with E-state index in [4.69, 9.17) is 10.5 Å². The maximum atomic E-state index is 11.7. The minimum Gasteiger partial charge on any atom is -0.399 e. The molecule has 1 rings (SSSR count). The number of rotatable bonds is 6. The van der Waals surface area contributed by atoms with Gasteiger partial charge in [0.05, 0.1) is 5.60 Å². The van der Waals surface area contributed by atoms with Gasteiger partial charge >= 0.3 is 0 Å². The zero-order chi connectivity index (χ0) is 13.6. The van der Waals surface area contributed by atoms with Gasteiger partial charge < -0.3 is 15.8 Å². The molecule has 1 aromatic carbocycles. The molecule has 0 fully saturated rings. The summed E-state index contributed by atoms with van der Waals surface area (Å²) in [7, 11) is 1.64. The largest absolute Gasteiger partial charge is 0.399 e. The molecule has 0 saturated heterocycles. The van der Waals surface area contributed by atoms with Gasteiger partial charge in [-0.2, -0.15) is 0 Å². The first-order chi connectivity index (χ1) is 8.44. The number of aryl methyl sites for hydroxylation is 1. The van der Waals surface area contributed by atoms with Crippen molar-refractivity contribution >= 4 is 24.0 Å². The first kappa shape index (κ1) is 17.7. The van der Waals surface area contributed by atoms with Crippen molar-refractivity contribution in [3.05, 3.63) is 29.8 Å². The van der Waals surface area contributed by atoms with Crippen LogP contribution in [-0.2, 0) is 16.0 Å². The number of carbonyl (C=O) groups is 1. The summed E-state index contributed by atoms with van der Waals surface area (Å²) in [6.45, 7) is 4.37. The van der Waals surface area contributed by atoms with Crippen molar-refractivity contribution in [1.29, 1.82) is 0 Å². The zero-order valence-electron chi connectivity index (χ0n) is 11.7. The van der Waals surface area contributed by atoms with Gasteiger partial charge in [-0.1, -0.05) is 18.2 Å². The zero-order valence-corrected chi connectivity index (χ0v) is 12.5. The van der Waals surface area contributed by atoms with Crippen LogP contribution in [0.1, 0.15) is 25.8 Å². The number of nitrogens with one attached hydrogen (secondary N) is 1. The van der Waals surface area contributed by atoms with E-state index >= 15 is 0 Å². The Morgan fingerprint density at radius 1 is 1.37 bits per heavy atom. The lowest BCUT2D eigenvalue weighted by Gasteiger charge is -2.23. The van der Waals surface area contributed by atoms with Crippen molar-refractivity contribution in [3.8, 4) is 0 Å². The number of benzene rings is 1. The molecule has 0 aliphatic heterocycles. The molecule has 1 amide bonds. The molecule has 0 aliphatic rings. The van der Waals surface area contributed by atoms with Crippen LogP contribution < -0.4 is 11.1 Å². The molecule has 0 atom stereocenters. The van der Waals surface area contributed by atoms with Gasteiger partial charge in [0.25, 0.3) is 0 Å². The van der Waals surface area contributed by atoms with Crippen molar-refractivity contribution in [2.75, 3.05) is 19.4 Å². The average Bonchev–Trinajstić information content (AvgIpc) is 2.35. The van der Waals surface area contributed by atoms with E-state index in [2.05, 4.69) is 5.32 Å². The normalized spacial score (nSPS) is 10.7. The third-order valence-corrected chi connectivity index (χ3v) is 2.94. The molecule has 5 heteroatoms. The van der Waals surface area contributed by atoms with Crippen molar-refractivity contribution in [2.45, 2.75) is 32.3 Å². The van der Waals surface area contributed by atoms with E-state index < -0.39 is 0 Å². The molecule has 1 aromatic rings. The number of amides is 1. The van der Waals surface area contributed by atoms with E-state index in [1.54, 1.807) is 7.11 Å². The number of para-hydroxylation sites is 1. The number of methoxy groups -OCH3 is 1. The fourth-order valence-corrected chi connectivity index (χ4v) is 1.48. The Labute approximate surface area is 121 Å². The van der Waals surface area contributed by atoms with Crippen LogP contribution in [0.5, 0.6) is 0 Å². The Bertz CT molecular complexity index is 408. The minimum absolute atomic E-state index is 0. The number of halogens is 1. The summed E-state index contributed by atoms with van der Waals surface area (Å²) in [6, 6.07) is 7.61. The Balaban J connectivity index is 0.00000324. The van der Waals surface area contributed by atoms with Gasteiger partial charge in [-0.3, -0.25) is 4.79 Å². The van der Waals surface area contributed by atoms with Crippen molar-refractivity contribution in [1.82, 2.24) is 5.32 Å². The lowest BCUT2D eigenvalue weighted by atomic mass is 10.1. The van der Waals surface area contributed by atoms with Gasteiger partial charge in [-0.25, -0.2) is 0 Å². The van der Waals surface area contributed by atoms with Crippen LogP contribution in [0.2, 0.25) is 0 Å². The summed E-state index contributed by atoms with van der Waals surface area (Å²) >= 11 is 0. The van der Waals surface area contributed by atoms with Gasteiger partial charge in [0.15, 0.2) is 0 Å². The van der Waals surface area contributed by atoms with E-state index in [1.807, 2.05) is 38.1 Å². The molecule has 0 aromatic heterocycles. The Morgan fingerprint density at radius 2 is 2.00 bits per heavy atom. The predicted octanol–water partition coefficient (Wildman–Crippen LogP) is 2.16. The van der Waals surface area contributed by atoms with Gasteiger partial charge in [-0.15, -0.1) is 12.4 Å². The maximum Gasteiger partial charge on any atom is 0.220 e. The lowest BCUT2D eigenvalue weighted by molar-refractivity contribution is -0.122. The summed E-state index contributed by atoms with van der Waals surface area (Å²) in [4.78, 5) is 11.7. The number of nitrogens with two attached hydrogens (primary N) is 1. The van der Waals surface area contributed by atoms with Crippen molar-refractivity contribution in [2.24, 2.45) is 0 Å².